The molecule has 1 aliphatic rings. The minimum Gasteiger partial charge on any atom is -0.332 e. The highest BCUT2D eigenvalue weighted by molar-refractivity contribution is 5.82. The molecule has 2 atom stereocenters. The number of halogens is 3. The SMILES string of the molecule is CCCCN(CC(F)(F)F)C(=O)C1NCCCC1C. The maximum absolute atomic E-state index is 12.5. The highest BCUT2D eigenvalue weighted by Gasteiger charge is 2.37. The van der Waals surface area contributed by atoms with Crippen LogP contribution in [0.4, 0.5) is 13.2 Å². The van der Waals surface area contributed by atoms with E-state index in [0.29, 0.717) is 13.0 Å². The molecule has 0 aliphatic carbocycles. The molecule has 112 valence electrons. The summed E-state index contributed by atoms with van der Waals surface area (Å²) in [5, 5.41) is 3.05. The Morgan fingerprint density at radius 1 is 1.42 bits per heavy atom. The van der Waals surface area contributed by atoms with Gasteiger partial charge in [-0.05, 0) is 31.7 Å². The summed E-state index contributed by atoms with van der Waals surface area (Å²) < 4.78 is 37.6. The van der Waals surface area contributed by atoms with Crippen molar-refractivity contribution in [1.29, 1.82) is 0 Å². The number of nitrogens with one attached hydrogen (secondary N) is 1. The van der Waals surface area contributed by atoms with Crippen LogP contribution in [-0.2, 0) is 4.79 Å². The van der Waals surface area contributed by atoms with Crippen LogP contribution in [0.2, 0.25) is 0 Å². The van der Waals surface area contributed by atoms with Crippen molar-refractivity contribution in [3.05, 3.63) is 0 Å². The van der Waals surface area contributed by atoms with Gasteiger partial charge in [0, 0.05) is 6.54 Å². The number of hydrogen-bond acceptors (Lipinski definition) is 2. The smallest absolute Gasteiger partial charge is 0.332 e. The molecule has 1 saturated heterocycles. The standard InChI is InChI=1S/C13H23F3N2O/c1-3-4-8-18(9-13(14,15)16)12(19)11-10(2)6-5-7-17-11/h10-11,17H,3-9H2,1-2H3. The van der Waals surface area contributed by atoms with E-state index in [2.05, 4.69) is 5.32 Å². The third-order valence-corrected chi connectivity index (χ3v) is 3.50. The highest BCUT2D eigenvalue weighted by atomic mass is 19.4. The van der Waals surface area contributed by atoms with Crippen molar-refractivity contribution in [2.45, 2.75) is 51.7 Å². The van der Waals surface area contributed by atoms with Gasteiger partial charge in [0.1, 0.15) is 6.54 Å². The average molecular weight is 280 g/mol. The Balaban J connectivity index is 2.68. The first kappa shape index (κ1) is 16.3. The van der Waals surface area contributed by atoms with Gasteiger partial charge in [0.2, 0.25) is 5.91 Å². The fraction of sp³-hybridized carbons (Fsp3) is 0.923. The van der Waals surface area contributed by atoms with Crippen LogP contribution in [0, 0.1) is 5.92 Å². The van der Waals surface area contributed by atoms with Crippen molar-refractivity contribution < 1.29 is 18.0 Å². The summed E-state index contributed by atoms with van der Waals surface area (Å²) in [6.07, 6.45) is -1.10. The second-order valence-corrected chi connectivity index (χ2v) is 5.28. The van der Waals surface area contributed by atoms with Crippen molar-refractivity contribution in [2.24, 2.45) is 5.92 Å². The summed E-state index contributed by atoms with van der Waals surface area (Å²) in [6.45, 7) is 3.56. The molecule has 0 radical (unpaired) electrons. The second kappa shape index (κ2) is 7.12. The average Bonchev–Trinajstić information content (AvgIpc) is 2.33. The first-order chi connectivity index (χ1) is 8.85. The van der Waals surface area contributed by atoms with Crippen LogP contribution in [0.5, 0.6) is 0 Å². The van der Waals surface area contributed by atoms with Crippen molar-refractivity contribution in [2.75, 3.05) is 19.6 Å². The fourth-order valence-corrected chi connectivity index (χ4v) is 2.41. The molecule has 1 heterocycles. The van der Waals surface area contributed by atoms with Gasteiger partial charge in [0.05, 0.1) is 6.04 Å². The van der Waals surface area contributed by atoms with Crippen LogP contribution in [0.15, 0.2) is 0 Å². The lowest BCUT2D eigenvalue weighted by atomic mass is 9.91. The number of carbonyl (C=O) groups is 1. The predicted molar refractivity (Wildman–Crippen MR) is 67.7 cm³/mol. The molecule has 0 aromatic carbocycles. The van der Waals surface area contributed by atoms with Gasteiger partial charge in [-0.25, -0.2) is 0 Å². The third-order valence-electron chi connectivity index (χ3n) is 3.50. The molecule has 2 unspecified atom stereocenters. The molecule has 1 amide bonds. The number of carbonyl (C=O) groups excluding carboxylic acids is 1. The van der Waals surface area contributed by atoms with Crippen LogP contribution in [-0.4, -0.2) is 42.7 Å². The molecule has 0 bridgehead atoms. The first-order valence-corrected chi connectivity index (χ1v) is 6.94. The van der Waals surface area contributed by atoms with E-state index in [9.17, 15) is 18.0 Å². The maximum Gasteiger partial charge on any atom is 0.406 e. The summed E-state index contributed by atoms with van der Waals surface area (Å²) in [7, 11) is 0. The molecule has 0 saturated carbocycles. The molecule has 0 aromatic heterocycles. The van der Waals surface area contributed by atoms with Crippen molar-refractivity contribution in [3.8, 4) is 0 Å². The summed E-state index contributed by atoms with van der Waals surface area (Å²) in [6, 6.07) is -0.465. The minimum atomic E-state index is -4.33. The van der Waals surface area contributed by atoms with E-state index in [1.807, 2.05) is 13.8 Å². The number of piperidine rings is 1. The summed E-state index contributed by atoms with van der Waals surface area (Å²) >= 11 is 0. The Bertz CT molecular complexity index is 294. The minimum absolute atomic E-state index is 0.0959. The van der Waals surface area contributed by atoms with E-state index < -0.39 is 24.7 Å². The Labute approximate surface area is 112 Å². The summed E-state index contributed by atoms with van der Waals surface area (Å²) in [5.74, 6) is -0.309. The molecule has 1 fully saturated rings. The highest BCUT2D eigenvalue weighted by Crippen LogP contribution is 2.21. The number of rotatable bonds is 5. The molecule has 6 heteroatoms. The molecular weight excluding hydrogens is 257 g/mol. The topological polar surface area (TPSA) is 32.3 Å². The van der Waals surface area contributed by atoms with Crippen LogP contribution in [0.3, 0.4) is 0 Å². The van der Waals surface area contributed by atoms with E-state index in [4.69, 9.17) is 0 Å². The normalized spacial score (nSPS) is 24.3. The number of hydrogen-bond donors (Lipinski definition) is 1. The summed E-state index contributed by atoms with van der Waals surface area (Å²) in [4.78, 5) is 13.2. The van der Waals surface area contributed by atoms with E-state index in [1.54, 1.807) is 0 Å². The van der Waals surface area contributed by atoms with Crippen molar-refractivity contribution in [3.63, 3.8) is 0 Å². The van der Waals surface area contributed by atoms with Gasteiger partial charge in [-0.1, -0.05) is 20.3 Å². The number of alkyl halides is 3. The fourth-order valence-electron chi connectivity index (χ4n) is 2.41. The van der Waals surface area contributed by atoms with Crippen LogP contribution < -0.4 is 5.32 Å². The molecule has 0 spiro atoms. The van der Waals surface area contributed by atoms with E-state index in [1.165, 1.54) is 0 Å². The summed E-state index contributed by atoms with van der Waals surface area (Å²) in [5.41, 5.74) is 0. The van der Waals surface area contributed by atoms with E-state index >= 15 is 0 Å². The van der Waals surface area contributed by atoms with Crippen LogP contribution in [0.1, 0.15) is 39.5 Å². The Kier molecular flexibility index (Phi) is 6.10. The lowest BCUT2D eigenvalue weighted by Gasteiger charge is -2.34. The van der Waals surface area contributed by atoms with Gasteiger partial charge in [-0.15, -0.1) is 0 Å². The molecule has 1 N–H and O–H groups in total. The molecule has 19 heavy (non-hydrogen) atoms. The largest absolute Gasteiger partial charge is 0.406 e. The zero-order valence-electron chi connectivity index (χ0n) is 11.6. The predicted octanol–water partition coefficient (Wildman–Crippen LogP) is 2.57. The lowest BCUT2D eigenvalue weighted by molar-refractivity contribution is -0.163. The molecule has 1 rings (SSSR count). The molecule has 1 aliphatic heterocycles. The molecule has 0 aromatic rings. The van der Waals surface area contributed by atoms with E-state index in [0.717, 1.165) is 24.2 Å². The second-order valence-electron chi connectivity index (χ2n) is 5.28. The van der Waals surface area contributed by atoms with Crippen LogP contribution >= 0.6 is 0 Å². The quantitative estimate of drug-likeness (QED) is 0.839. The molecule has 3 nitrogen and oxygen atoms in total. The van der Waals surface area contributed by atoms with Gasteiger partial charge in [0.15, 0.2) is 0 Å². The van der Waals surface area contributed by atoms with Gasteiger partial charge in [-0.3, -0.25) is 4.79 Å². The Morgan fingerprint density at radius 2 is 2.11 bits per heavy atom. The number of amides is 1. The lowest BCUT2D eigenvalue weighted by Crippen LogP contribution is -2.54. The van der Waals surface area contributed by atoms with Crippen LogP contribution in [0.25, 0.3) is 0 Å². The van der Waals surface area contributed by atoms with Gasteiger partial charge in [-0.2, -0.15) is 13.2 Å². The zero-order chi connectivity index (χ0) is 14.5. The maximum atomic E-state index is 12.5. The Morgan fingerprint density at radius 3 is 2.63 bits per heavy atom. The van der Waals surface area contributed by atoms with Gasteiger partial charge < -0.3 is 10.2 Å². The number of nitrogens with zero attached hydrogens (tertiary/aromatic N) is 1. The Hall–Kier alpha value is -0.780. The van der Waals surface area contributed by atoms with Crippen molar-refractivity contribution >= 4 is 5.91 Å². The third kappa shape index (κ3) is 5.38. The van der Waals surface area contributed by atoms with Gasteiger partial charge >= 0.3 is 6.18 Å². The monoisotopic (exact) mass is 280 g/mol. The number of unbranched alkanes of at least 4 members (excludes halogenated alkanes) is 1. The van der Waals surface area contributed by atoms with Crippen molar-refractivity contribution in [1.82, 2.24) is 10.2 Å². The van der Waals surface area contributed by atoms with E-state index in [-0.39, 0.29) is 12.5 Å². The first-order valence-electron chi connectivity index (χ1n) is 6.94. The molecular formula is C13H23F3N2O. The zero-order valence-corrected chi connectivity index (χ0v) is 11.6. The van der Waals surface area contributed by atoms with Gasteiger partial charge in [0.25, 0.3) is 0 Å².